The zero-order valence-electron chi connectivity index (χ0n) is 15.9. The van der Waals surface area contributed by atoms with E-state index < -0.39 is 5.82 Å². The Kier molecular flexibility index (Phi) is 7.53. The summed E-state index contributed by atoms with van der Waals surface area (Å²) < 4.78 is 15.3. The Balaban J connectivity index is 0.00000280. The topological polar surface area (TPSA) is 88.1 Å². The average molecular weight is 410 g/mol. The van der Waals surface area contributed by atoms with E-state index in [-0.39, 0.29) is 48.2 Å². The minimum Gasteiger partial charge on any atom is -0.354 e. The van der Waals surface area contributed by atoms with Gasteiger partial charge in [0.2, 0.25) is 5.91 Å². The number of carbonyl (C=O) groups excluding carboxylic acids is 2. The third kappa shape index (κ3) is 5.08. The Labute approximate surface area is 169 Å². The first kappa shape index (κ1) is 21.8. The molecular formula is C19H25ClFN5O2. The second kappa shape index (κ2) is 9.66. The number of hydrogen-bond acceptors (Lipinski definition) is 4. The minimum atomic E-state index is -0.411. The molecule has 9 heteroatoms. The molecule has 152 valence electrons. The number of amides is 2. The predicted molar refractivity (Wildman–Crippen MR) is 106 cm³/mol. The summed E-state index contributed by atoms with van der Waals surface area (Å²) in [7, 11) is 1.85. The van der Waals surface area contributed by atoms with Crippen molar-refractivity contribution in [1.82, 2.24) is 25.7 Å². The van der Waals surface area contributed by atoms with E-state index in [4.69, 9.17) is 0 Å². The number of aryl methyl sites for hydroxylation is 2. The van der Waals surface area contributed by atoms with Crippen molar-refractivity contribution in [1.29, 1.82) is 0 Å². The van der Waals surface area contributed by atoms with Crippen molar-refractivity contribution < 1.29 is 14.0 Å². The molecule has 1 saturated heterocycles. The highest BCUT2D eigenvalue weighted by Gasteiger charge is 2.34. The third-order valence-corrected chi connectivity index (χ3v) is 4.85. The van der Waals surface area contributed by atoms with Crippen molar-refractivity contribution in [3.05, 3.63) is 53.1 Å². The Morgan fingerprint density at radius 2 is 2.04 bits per heavy atom. The lowest BCUT2D eigenvalue weighted by atomic mass is 9.90. The summed E-state index contributed by atoms with van der Waals surface area (Å²) in [5, 5.41) is 13.0. The molecule has 0 unspecified atom stereocenters. The summed E-state index contributed by atoms with van der Waals surface area (Å²) in [5.41, 5.74) is 1.80. The van der Waals surface area contributed by atoms with Crippen LogP contribution in [0.2, 0.25) is 0 Å². The standard InChI is InChI=1S/C19H24FN5O2.ClH/c1-12-3-4-13(7-17(12)20)18(26)22-5-6-23-19(27)16-10-21-9-15(16)14-8-24-25(2)11-14;/h3-4,7-8,11,15-16,21H,5-6,9-10H2,1-2H3,(H,22,26)(H,23,27);1H/t15-,16+;/m1./s1. The van der Waals surface area contributed by atoms with Crippen LogP contribution < -0.4 is 16.0 Å². The third-order valence-electron chi connectivity index (χ3n) is 4.85. The SMILES string of the molecule is Cc1ccc(C(=O)NCCNC(=O)[C@H]2CNC[C@@H]2c2cnn(C)c2)cc1F.Cl. The van der Waals surface area contributed by atoms with Crippen LogP contribution in [0.3, 0.4) is 0 Å². The molecule has 2 aromatic rings. The second-order valence-electron chi connectivity index (χ2n) is 6.83. The molecule has 0 saturated carbocycles. The Morgan fingerprint density at radius 1 is 1.29 bits per heavy atom. The number of nitrogens with zero attached hydrogens (tertiary/aromatic N) is 2. The van der Waals surface area contributed by atoms with Gasteiger partial charge in [0.15, 0.2) is 0 Å². The summed E-state index contributed by atoms with van der Waals surface area (Å²) >= 11 is 0. The molecule has 1 aromatic carbocycles. The molecule has 3 rings (SSSR count). The van der Waals surface area contributed by atoms with Crippen LogP contribution in [-0.4, -0.2) is 47.8 Å². The van der Waals surface area contributed by atoms with Crippen molar-refractivity contribution in [2.75, 3.05) is 26.2 Å². The normalized spacial score (nSPS) is 18.4. The fourth-order valence-corrected chi connectivity index (χ4v) is 3.27. The number of benzene rings is 1. The van der Waals surface area contributed by atoms with Gasteiger partial charge in [-0.2, -0.15) is 5.10 Å². The Bertz CT molecular complexity index is 841. The number of aromatic nitrogens is 2. The average Bonchev–Trinajstić information content (AvgIpc) is 3.29. The summed E-state index contributed by atoms with van der Waals surface area (Å²) in [6.07, 6.45) is 3.72. The van der Waals surface area contributed by atoms with Gasteiger partial charge in [0.25, 0.3) is 5.91 Å². The van der Waals surface area contributed by atoms with Crippen LogP contribution in [0.5, 0.6) is 0 Å². The first-order valence-corrected chi connectivity index (χ1v) is 8.97. The second-order valence-corrected chi connectivity index (χ2v) is 6.83. The minimum absolute atomic E-state index is 0. The van der Waals surface area contributed by atoms with Crippen molar-refractivity contribution in [2.45, 2.75) is 12.8 Å². The van der Waals surface area contributed by atoms with Gasteiger partial charge in [-0.3, -0.25) is 14.3 Å². The lowest BCUT2D eigenvalue weighted by molar-refractivity contribution is -0.124. The first-order valence-electron chi connectivity index (χ1n) is 8.97. The van der Waals surface area contributed by atoms with Gasteiger partial charge >= 0.3 is 0 Å². The van der Waals surface area contributed by atoms with Gasteiger partial charge in [0.1, 0.15) is 5.82 Å². The van der Waals surface area contributed by atoms with Crippen molar-refractivity contribution >= 4 is 24.2 Å². The van der Waals surface area contributed by atoms with Gasteiger partial charge in [-0.25, -0.2) is 4.39 Å². The van der Waals surface area contributed by atoms with Crippen LogP contribution >= 0.6 is 12.4 Å². The molecule has 2 atom stereocenters. The quantitative estimate of drug-likeness (QED) is 0.624. The number of nitrogens with one attached hydrogen (secondary N) is 3. The van der Waals surface area contributed by atoms with E-state index in [1.807, 2.05) is 13.2 Å². The van der Waals surface area contributed by atoms with Gasteiger partial charge in [-0.1, -0.05) is 6.07 Å². The van der Waals surface area contributed by atoms with Crippen molar-refractivity contribution in [3.8, 4) is 0 Å². The van der Waals surface area contributed by atoms with E-state index in [1.165, 1.54) is 6.07 Å². The summed E-state index contributed by atoms with van der Waals surface area (Å²) in [4.78, 5) is 24.5. The van der Waals surface area contributed by atoms with Gasteiger partial charge in [0.05, 0.1) is 12.1 Å². The Hall–Kier alpha value is -2.45. The molecule has 28 heavy (non-hydrogen) atoms. The number of halogens is 2. The van der Waals surface area contributed by atoms with E-state index in [0.717, 1.165) is 12.1 Å². The van der Waals surface area contributed by atoms with E-state index >= 15 is 0 Å². The van der Waals surface area contributed by atoms with Crippen LogP contribution in [0.4, 0.5) is 4.39 Å². The maximum atomic E-state index is 13.5. The molecule has 1 aromatic heterocycles. The molecular weight excluding hydrogens is 385 g/mol. The fourth-order valence-electron chi connectivity index (χ4n) is 3.27. The van der Waals surface area contributed by atoms with E-state index in [1.54, 1.807) is 29.9 Å². The van der Waals surface area contributed by atoms with Gasteiger partial charge in [-0.15, -0.1) is 12.4 Å². The van der Waals surface area contributed by atoms with Crippen molar-refractivity contribution in [2.24, 2.45) is 13.0 Å². The Morgan fingerprint density at radius 3 is 2.71 bits per heavy atom. The molecule has 1 fully saturated rings. The molecule has 2 heterocycles. The molecule has 7 nitrogen and oxygen atoms in total. The number of hydrogen-bond donors (Lipinski definition) is 3. The number of carbonyl (C=O) groups is 2. The predicted octanol–water partition coefficient (Wildman–Crippen LogP) is 1.14. The summed E-state index contributed by atoms with van der Waals surface area (Å²) in [6, 6.07) is 4.36. The largest absolute Gasteiger partial charge is 0.354 e. The molecule has 0 aliphatic carbocycles. The van der Waals surface area contributed by atoms with Gasteiger partial charge in [0, 0.05) is 50.9 Å². The highest BCUT2D eigenvalue weighted by molar-refractivity contribution is 5.94. The highest BCUT2D eigenvalue weighted by atomic mass is 35.5. The van der Waals surface area contributed by atoms with Crippen LogP contribution in [0.25, 0.3) is 0 Å². The van der Waals surface area contributed by atoms with Crippen LogP contribution in [0.15, 0.2) is 30.6 Å². The van der Waals surface area contributed by atoms with E-state index in [2.05, 4.69) is 21.0 Å². The van der Waals surface area contributed by atoms with Crippen molar-refractivity contribution in [3.63, 3.8) is 0 Å². The first-order chi connectivity index (χ1) is 13.0. The van der Waals surface area contributed by atoms with Gasteiger partial charge in [-0.05, 0) is 30.2 Å². The molecule has 1 aliphatic heterocycles. The maximum absolute atomic E-state index is 13.5. The van der Waals surface area contributed by atoms with E-state index in [0.29, 0.717) is 18.7 Å². The van der Waals surface area contributed by atoms with Crippen LogP contribution in [0.1, 0.15) is 27.4 Å². The molecule has 0 radical (unpaired) electrons. The monoisotopic (exact) mass is 409 g/mol. The lowest BCUT2D eigenvalue weighted by Gasteiger charge is -2.17. The molecule has 3 N–H and O–H groups in total. The maximum Gasteiger partial charge on any atom is 0.251 e. The summed E-state index contributed by atoms with van der Waals surface area (Å²) in [6.45, 7) is 3.58. The molecule has 0 spiro atoms. The molecule has 0 bridgehead atoms. The van der Waals surface area contributed by atoms with Crippen LogP contribution in [-0.2, 0) is 11.8 Å². The van der Waals surface area contributed by atoms with Gasteiger partial charge < -0.3 is 16.0 Å². The zero-order chi connectivity index (χ0) is 19.4. The fraction of sp³-hybridized carbons (Fsp3) is 0.421. The molecule has 1 aliphatic rings. The summed E-state index contributed by atoms with van der Waals surface area (Å²) in [5.74, 6) is -0.908. The zero-order valence-corrected chi connectivity index (χ0v) is 16.7. The molecule has 2 amide bonds. The number of rotatable bonds is 6. The lowest BCUT2D eigenvalue weighted by Crippen LogP contribution is -2.39. The smallest absolute Gasteiger partial charge is 0.251 e. The highest BCUT2D eigenvalue weighted by Crippen LogP contribution is 2.27. The van der Waals surface area contributed by atoms with E-state index in [9.17, 15) is 14.0 Å². The van der Waals surface area contributed by atoms with Crippen LogP contribution in [0, 0.1) is 18.7 Å².